The van der Waals surface area contributed by atoms with Crippen molar-refractivity contribution in [2.24, 2.45) is 5.92 Å². The molecule has 0 fully saturated rings. The Morgan fingerprint density at radius 3 is 2.42 bits per heavy atom. The molecular weight excluding hydrogens is 234 g/mol. The van der Waals surface area contributed by atoms with Gasteiger partial charge in [-0.25, -0.2) is 0 Å². The molecule has 0 aliphatic rings. The topological polar surface area (TPSA) is 32.3 Å². The van der Waals surface area contributed by atoms with Gasteiger partial charge in [0, 0.05) is 12.5 Å². The fraction of sp³-hybridized carbons (Fsp3) is 0.412. The number of likely N-dealkylation sites (N-methyl/N-ethyl adjacent to an activating group) is 1. The van der Waals surface area contributed by atoms with E-state index in [1.165, 1.54) is 16.3 Å². The molecule has 0 unspecified atom stereocenters. The molecule has 0 amide bonds. The standard InChI is InChI=1S/C17H23NO/c1-12(2)17(19)16(11-18-3)15-10-6-8-13-7-4-5-9-14(13)15/h4-10,12,16-19H,11H2,1-3H3/t16-,17-/m0/s1. The van der Waals surface area contributed by atoms with E-state index in [2.05, 4.69) is 61.6 Å². The Bertz CT molecular complexity index is 530. The van der Waals surface area contributed by atoms with Crippen LogP contribution in [0.25, 0.3) is 10.8 Å². The molecule has 0 saturated heterocycles. The van der Waals surface area contributed by atoms with Crippen LogP contribution in [0.2, 0.25) is 0 Å². The van der Waals surface area contributed by atoms with Gasteiger partial charge in [0.05, 0.1) is 6.10 Å². The fourth-order valence-corrected chi connectivity index (χ4v) is 2.67. The second-order valence-electron chi connectivity index (χ2n) is 5.47. The average molecular weight is 257 g/mol. The number of rotatable bonds is 5. The lowest BCUT2D eigenvalue weighted by Gasteiger charge is -2.27. The molecule has 0 spiro atoms. The van der Waals surface area contributed by atoms with E-state index < -0.39 is 0 Å². The molecule has 0 saturated carbocycles. The molecule has 0 aliphatic heterocycles. The number of hydrogen-bond acceptors (Lipinski definition) is 2. The van der Waals surface area contributed by atoms with Gasteiger partial charge in [-0.3, -0.25) is 0 Å². The normalized spacial score (nSPS) is 14.8. The van der Waals surface area contributed by atoms with E-state index in [1.807, 2.05) is 7.05 Å². The summed E-state index contributed by atoms with van der Waals surface area (Å²) in [5.74, 6) is 0.369. The molecule has 0 aromatic heterocycles. The molecule has 2 aromatic carbocycles. The summed E-state index contributed by atoms with van der Waals surface area (Å²) in [5.41, 5.74) is 1.23. The zero-order valence-corrected chi connectivity index (χ0v) is 11.9. The van der Waals surface area contributed by atoms with E-state index in [0.29, 0.717) is 0 Å². The fourth-order valence-electron chi connectivity index (χ4n) is 2.67. The van der Waals surface area contributed by atoms with Crippen LogP contribution in [0, 0.1) is 5.92 Å². The summed E-state index contributed by atoms with van der Waals surface area (Å²) in [6.07, 6.45) is -0.335. The van der Waals surface area contributed by atoms with Crippen molar-refractivity contribution in [1.29, 1.82) is 0 Å². The number of fused-ring (bicyclic) bond motifs is 1. The van der Waals surface area contributed by atoms with Crippen molar-refractivity contribution in [3.63, 3.8) is 0 Å². The minimum absolute atomic E-state index is 0.121. The van der Waals surface area contributed by atoms with Gasteiger partial charge in [-0.2, -0.15) is 0 Å². The maximum absolute atomic E-state index is 10.5. The summed E-state index contributed by atoms with van der Waals surface area (Å²) in [6, 6.07) is 14.7. The van der Waals surface area contributed by atoms with Crippen molar-refractivity contribution in [3.05, 3.63) is 48.0 Å². The first-order valence-corrected chi connectivity index (χ1v) is 6.95. The summed E-state index contributed by atoms with van der Waals surface area (Å²) in [6.45, 7) is 4.92. The average Bonchev–Trinajstić information content (AvgIpc) is 2.43. The van der Waals surface area contributed by atoms with Crippen molar-refractivity contribution >= 4 is 10.8 Å². The maximum Gasteiger partial charge on any atom is 0.0644 e. The summed E-state index contributed by atoms with van der Waals surface area (Å²) in [5, 5.41) is 16.2. The third-order valence-corrected chi connectivity index (χ3v) is 3.74. The molecule has 2 N–H and O–H groups in total. The molecule has 2 heteroatoms. The number of benzene rings is 2. The highest BCUT2D eigenvalue weighted by molar-refractivity contribution is 5.86. The molecule has 0 heterocycles. The van der Waals surface area contributed by atoms with E-state index in [9.17, 15) is 5.11 Å². The summed E-state index contributed by atoms with van der Waals surface area (Å²) >= 11 is 0. The lowest BCUT2D eigenvalue weighted by Crippen LogP contribution is -2.31. The Balaban J connectivity index is 2.49. The maximum atomic E-state index is 10.5. The molecule has 0 bridgehead atoms. The van der Waals surface area contributed by atoms with Crippen LogP contribution in [0.4, 0.5) is 0 Å². The summed E-state index contributed by atoms with van der Waals surface area (Å²) in [4.78, 5) is 0. The Kier molecular flexibility index (Phi) is 4.56. The zero-order chi connectivity index (χ0) is 13.8. The van der Waals surface area contributed by atoms with Gasteiger partial charge < -0.3 is 10.4 Å². The first kappa shape index (κ1) is 14.0. The monoisotopic (exact) mass is 257 g/mol. The van der Waals surface area contributed by atoms with Crippen LogP contribution in [-0.4, -0.2) is 24.8 Å². The van der Waals surface area contributed by atoms with E-state index in [0.717, 1.165) is 6.54 Å². The van der Waals surface area contributed by atoms with Gasteiger partial charge in [0.1, 0.15) is 0 Å². The molecule has 2 atom stereocenters. The van der Waals surface area contributed by atoms with E-state index >= 15 is 0 Å². The Morgan fingerprint density at radius 2 is 1.74 bits per heavy atom. The highest BCUT2D eigenvalue weighted by atomic mass is 16.3. The minimum atomic E-state index is -0.335. The quantitative estimate of drug-likeness (QED) is 0.862. The van der Waals surface area contributed by atoms with Gasteiger partial charge in [0.15, 0.2) is 0 Å². The van der Waals surface area contributed by atoms with Crippen LogP contribution in [0.1, 0.15) is 25.3 Å². The molecule has 0 radical (unpaired) electrons. The van der Waals surface area contributed by atoms with Crippen LogP contribution in [0.3, 0.4) is 0 Å². The Morgan fingerprint density at radius 1 is 1.05 bits per heavy atom. The van der Waals surface area contributed by atoms with Crippen LogP contribution in [0.5, 0.6) is 0 Å². The molecule has 2 nitrogen and oxygen atoms in total. The Labute approximate surface area is 115 Å². The number of nitrogens with one attached hydrogen (secondary N) is 1. The van der Waals surface area contributed by atoms with Crippen molar-refractivity contribution in [2.45, 2.75) is 25.9 Å². The Hall–Kier alpha value is -1.38. The lowest BCUT2D eigenvalue weighted by molar-refractivity contribution is 0.0965. The number of aliphatic hydroxyl groups is 1. The van der Waals surface area contributed by atoms with Crippen LogP contribution in [-0.2, 0) is 0 Å². The second kappa shape index (κ2) is 6.18. The van der Waals surface area contributed by atoms with Crippen molar-refractivity contribution in [1.82, 2.24) is 5.32 Å². The third kappa shape index (κ3) is 2.96. The SMILES string of the molecule is CNC[C@@H](c1cccc2ccccc12)[C@@H](O)C(C)C. The van der Waals surface area contributed by atoms with E-state index in [4.69, 9.17) is 0 Å². The van der Waals surface area contributed by atoms with Crippen LogP contribution in [0.15, 0.2) is 42.5 Å². The van der Waals surface area contributed by atoms with Crippen LogP contribution < -0.4 is 5.32 Å². The molecule has 0 aliphatic carbocycles. The smallest absolute Gasteiger partial charge is 0.0644 e. The van der Waals surface area contributed by atoms with Gasteiger partial charge in [-0.1, -0.05) is 56.3 Å². The van der Waals surface area contributed by atoms with Crippen molar-refractivity contribution < 1.29 is 5.11 Å². The van der Waals surface area contributed by atoms with Crippen molar-refractivity contribution in [2.75, 3.05) is 13.6 Å². The zero-order valence-electron chi connectivity index (χ0n) is 11.9. The van der Waals surface area contributed by atoms with Gasteiger partial charge in [0.25, 0.3) is 0 Å². The minimum Gasteiger partial charge on any atom is -0.392 e. The summed E-state index contributed by atoms with van der Waals surface area (Å²) < 4.78 is 0. The van der Waals surface area contributed by atoms with Crippen LogP contribution >= 0.6 is 0 Å². The van der Waals surface area contributed by atoms with Gasteiger partial charge >= 0.3 is 0 Å². The number of hydrogen-bond donors (Lipinski definition) is 2. The predicted octanol–water partition coefficient (Wildman–Crippen LogP) is 3.16. The highest BCUT2D eigenvalue weighted by Crippen LogP contribution is 2.30. The lowest BCUT2D eigenvalue weighted by atomic mass is 9.84. The summed E-state index contributed by atoms with van der Waals surface area (Å²) in [7, 11) is 1.94. The van der Waals surface area contributed by atoms with Gasteiger partial charge in [-0.15, -0.1) is 0 Å². The second-order valence-corrected chi connectivity index (χ2v) is 5.47. The van der Waals surface area contributed by atoms with Crippen molar-refractivity contribution in [3.8, 4) is 0 Å². The number of aliphatic hydroxyl groups excluding tert-OH is 1. The highest BCUT2D eigenvalue weighted by Gasteiger charge is 2.24. The molecular formula is C17H23NO. The van der Waals surface area contributed by atoms with E-state index in [1.54, 1.807) is 0 Å². The predicted molar refractivity (Wildman–Crippen MR) is 81.5 cm³/mol. The van der Waals surface area contributed by atoms with Gasteiger partial charge in [-0.05, 0) is 29.3 Å². The molecule has 2 aromatic rings. The molecule has 2 rings (SSSR count). The first-order valence-electron chi connectivity index (χ1n) is 6.95. The van der Waals surface area contributed by atoms with E-state index in [-0.39, 0.29) is 17.9 Å². The molecule has 102 valence electrons. The largest absolute Gasteiger partial charge is 0.392 e. The first-order chi connectivity index (χ1) is 9.15. The van der Waals surface area contributed by atoms with Gasteiger partial charge in [0.2, 0.25) is 0 Å². The third-order valence-electron chi connectivity index (χ3n) is 3.74. The molecule has 19 heavy (non-hydrogen) atoms.